The molecule has 1 aliphatic heterocycles. The lowest BCUT2D eigenvalue weighted by molar-refractivity contribution is -0.127. The Morgan fingerprint density at radius 1 is 1.91 bits per heavy atom. The normalized spacial score (nSPS) is 24.4. The summed E-state index contributed by atoms with van der Waals surface area (Å²) in [6, 6.07) is 0. The fraction of sp³-hybridized carbons (Fsp3) is 0.625. The monoisotopic (exact) mass is 171 g/mol. The molecular formula is C8H13NOS. The van der Waals surface area contributed by atoms with Gasteiger partial charge in [-0.05, 0) is 6.92 Å². The molecule has 0 spiro atoms. The Hall–Kier alpha value is -0.440. The molecule has 0 aromatic carbocycles. The van der Waals surface area contributed by atoms with Crippen LogP contribution in [0.25, 0.3) is 0 Å². The molecule has 3 heteroatoms. The van der Waals surface area contributed by atoms with E-state index in [1.165, 1.54) is 0 Å². The van der Waals surface area contributed by atoms with Gasteiger partial charge < -0.3 is 4.90 Å². The van der Waals surface area contributed by atoms with Gasteiger partial charge in [0.25, 0.3) is 0 Å². The first-order valence-corrected chi connectivity index (χ1v) is 4.21. The molecule has 1 atom stereocenters. The fourth-order valence-corrected chi connectivity index (χ4v) is 1.58. The van der Waals surface area contributed by atoms with E-state index in [0.717, 1.165) is 12.1 Å². The largest absolute Gasteiger partial charge is 0.338 e. The van der Waals surface area contributed by atoms with Crippen LogP contribution in [0.3, 0.4) is 0 Å². The molecule has 1 unspecified atom stereocenters. The van der Waals surface area contributed by atoms with Crippen molar-refractivity contribution in [1.82, 2.24) is 4.90 Å². The van der Waals surface area contributed by atoms with Crippen molar-refractivity contribution in [2.45, 2.75) is 18.6 Å². The second-order valence-electron chi connectivity index (χ2n) is 3.09. The molecule has 0 bridgehead atoms. The number of hydrogen-bond donors (Lipinski definition) is 1. The molecule has 0 aliphatic carbocycles. The van der Waals surface area contributed by atoms with Crippen molar-refractivity contribution in [2.24, 2.45) is 0 Å². The minimum atomic E-state index is 0.202. The van der Waals surface area contributed by atoms with E-state index in [0.29, 0.717) is 13.0 Å². The molecule has 1 amide bonds. The van der Waals surface area contributed by atoms with Crippen molar-refractivity contribution >= 4 is 18.5 Å². The summed E-state index contributed by atoms with van der Waals surface area (Å²) in [5.74, 6) is 0.202. The average Bonchev–Trinajstić information content (AvgIpc) is 2.09. The summed E-state index contributed by atoms with van der Waals surface area (Å²) in [7, 11) is 0. The Bertz CT molecular complexity index is 191. The molecule has 0 aromatic heterocycles. The van der Waals surface area contributed by atoms with E-state index in [1.807, 2.05) is 6.92 Å². The van der Waals surface area contributed by atoms with Gasteiger partial charge in [0.1, 0.15) is 0 Å². The second-order valence-corrected chi connectivity index (χ2v) is 3.82. The third-order valence-corrected chi connectivity index (χ3v) is 2.00. The lowest BCUT2D eigenvalue weighted by Crippen LogP contribution is -2.26. The number of hydrogen-bond acceptors (Lipinski definition) is 2. The number of nitrogens with zero attached hydrogens (tertiary/aromatic N) is 1. The SMILES string of the molecule is C=C(C)CN1CC(S)CC1=O. The van der Waals surface area contributed by atoms with Crippen LogP contribution >= 0.6 is 12.6 Å². The van der Waals surface area contributed by atoms with Gasteiger partial charge in [0.2, 0.25) is 5.91 Å². The van der Waals surface area contributed by atoms with Crippen LogP contribution in [0.1, 0.15) is 13.3 Å². The third-order valence-electron chi connectivity index (χ3n) is 1.65. The van der Waals surface area contributed by atoms with E-state index in [9.17, 15) is 4.79 Å². The molecule has 0 saturated carbocycles. The predicted octanol–water partition coefficient (Wildman–Crippen LogP) is 1.09. The Balaban J connectivity index is 2.47. The minimum absolute atomic E-state index is 0.202. The Morgan fingerprint density at radius 2 is 2.55 bits per heavy atom. The zero-order valence-corrected chi connectivity index (χ0v) is 7.60. The first-order valence-electron chi connectivity index (χ1n) is 3.70. The summed E-state index contributed by atoms with van der Waals surface area (Å²) in [6.07, 6.45) is 0.580. The molecule has 1 aliphatic rings. The second kappa shape index (κ2) is 3.30. The summed E-state index contributed by atoms with van der Waals surface area (Å²) in [5, 5.41) is 0.224. The van der Waals surface area contributed by atoms with Crippen LogP contribution in [0.5, 0.6) is 0 Å². The maximum atomic E-state index is 11.2. The Labute approximate surface area is 72.7 Å². The van der Waals surface area contributed by atoms with Crippen molar-refractivity contribution < 1.29 is 4.79 Å². The molecule has 2 nitrogen and oxygen atoms in total. The maximum absolute atomic E-state index is 11.2. The highest BCUT2D eigenvalue weighted by atomic mass is 32.1. The van der Waals surface area contributed by atoms with Crippen LogP contribution in [0.4, 0.5) is 0 Å². The molecule has 11 heavy (non-hydrogen) atoms. The summed E-state index contributed by atoms with van der Waals surface area (Å²) in [6.45, 7) is 7.15. The maximum Gasteiger partial charge on any atom is 0.224 e. The van der Waals surface area contributed by atoms with Crippen LogP contribution in [-0.4, -0.2) is 29.1 Å². The summed E-state index contributed by atoms with van der Waals surface area (Å²) in [5.41, 5.74) is 1.03. The lowest BCUT2D eigenvalue weighted by atomic mass is 10.3. The number of amides is 1. The molecule has 0 N–H and O–H groups in total. The number of likely N-dealkylation sites (tertiary alicyclic amines) is 1. The van der Waals surface area contributed by atoms with Gasteiger partial charge in [-0.15, -0.1) is 0 Å². The van der Waals surface area contributed by atoms with E-state index in [4.69, 9.17) is 0 Å². The van der Waals surface area contributed by atoms with Gasteiger partial charge in [-0.1, -0.05) is 12.2 Å². The van der Waals surface area contributed by atoms with Crippen LogP contribution < -0.4 is 0 Å². The van der Waals surface area contributed by atoms with Crippen molar-refractivity contribution in [1.29, 1.82) is 0 Å². The van der Waals surface area contributed by atoms with Gasteiger partial charge in [-0.3, -0.25) is 4.79 Å². The highest BCUT2D eigenvalue weighted by molar-refractivity contribution is 7.81. The highest BCUT2D eigenvalue weighted by Crippen LogP contribution is 2.16. The Morgan fingerprint density at radius 3 is 2.91 bits per heavy atom. The number of carbonyl (C=O) groups excluding carboxylic acids is 1. The summed E-state index contributed by atoms with van der Waals surface area (Å²) in [4.78, 5) is 13.0. The van der Waals surface area contributed by atoms with Gasteiger partial charge in [-0.2, -0.15) is 12.6 Å². The highest BCUT2D eigenvalue weighted by Gasteiger charge is 2.26. The van der Waals surface area contributed by atoms with Gasteiger partial charge in [0.05, 0.1) is 0 Å². The fourth-order valence-electron chi connectivity index (χ4n) is 1.23. The molecule has 0 radical (unpaired) electrons. The standard InChI is InChI=1S/C8H13NOS/c1-6(2)4-9-5-7(11)3-8(9)10/h7,11H,1,3-5H2,2H3. The number of carbonyl (C=O) groups is 1. The van der Waals surface area contributed by atoms with Crippen LogP contribution in [0, 0.1) is 0 Å². The van der Waals surface area contributed by atoms with E-state index in [-0.39, 0.29) is 11.2 Å². The molecular weight excluding hydrogens is 158 g/mol. The molecule has 1 heterocycles. The molecule has 62 valence electrons. The van der Waals surface area contributed by atoms with Crippen molar-refractivity contribution in [3.8, 4) is 0 Å². The summed E-state index contributed by atoms with van der Waals surface area (Å²) >= 11 is 4.24. The molecule has 1 saturated heterocycles. The van der Waals surface area contributed by atoms with Crippen LogP contribution in [0.15, 0.2) is 12.2 Å². The van der Waals surface area contributed by atoms with Crippen LogP contribution in [0.2, 0.25) is 0 Å². The lowest BCUT2D eigenvalue weighted by Gasteiger charge is -2.14. The van der Waals surface area contributed by atoms with E-state index < -0.39 is 0 Å². The zero-order valence-electron chi connectivity index (χ0n) is 6.71. The minimum Gasteiger partial charge on any atom is -0.338 e. The topological polar surface area (TPSA) is 20.3 Å². The van der Waals surface area contributed by atoms with Gasteiger partial charge in [-0.25, -0.2) is 0 Å². The predicted molar refractivity (Wildman–Crippen MR) is 48.8 cm³/mol. The zero-order chi connectivity index (χ0) is 8.43. The van der Waals surface area contributed by atoms with Crippen molar-refractivity contribution in [2.75, 3.05) is 13.1 Å². The first kappa shape index (κ1) is 8.65. The number of rotatable bonds is 2. The van der Waals surface area contributed by atoms with E-state index in [1.54, 1.807) is 4.90 Å². The number of thiol groups is 1. The molecule has 0 aromatic rings. The van der Waals surface area contributed by atoms with Gasteiger partial charge in [0, 0.05) is 24.8 Å². The smallest absolute Gasteiger partial charge is 0.224 e. The quantitative estimate of drug-likeness (QED) is 0.487. The molecule has 1 rings (SSSR count). The van der Waals surface area contributed by atoms with Gasteiger partial charge >= 0.3 is 0 Å². The van der Waals surface area contributed by atoms with Crippen molar-refractivity contribution in [3.05, 3.63) is 12.2 Å². The van der Waals surface area contributed by atoms with Gasteiger partial charge in [0.15, 0.2) is 0 Å². The van der Waals surface area contributed by atoms with Crippen molar-refractivity contribution in [3.63, 3.8) is 0 Å². The van der Waals surface area contributed by atoms with E-state index in [2.05, 4.69) is 19.2 Å². The van der Waals surface area contributed by atoms with E-state index >= 15 is 0 Å². The summed E-state index contributed by atoms with van der Waals surface area (Å²) < 4.78 is 0. The first-order chi connectivity index (χ1) is 5.09. The van der Waals surface area contributed by atoms with Crippen LogP contribution in [-0.2, 0) is 4.79 Å². The molecule has 1 fully saturated rings. The third kappa shape index (κ3) is 2.26. The Kier molecular flexibility index (Phi) is 2.60. The average molecular weight is 171 g/mol.